The highest BCUT2D eigenvalue weighted by atomic mass is 79.9. The van der Waals surface area contributed by atoms with Gasteiger partial charge in [-0.2, -0.15) is 0 Å². The topological polar surface area (TPSA) is 50.8 Å². The van der Waals surface area contributed by atoms with Gasteiger partial charge in [0.1, 0.15) is 6.61 Å². The number of carbonyl (C=O) groups excluding carboxylic acids is 1. The van der Waals surface area contributed by atoms with Crippen molar-refractivity contribution < 1.29 is 14.3 Å². The molecular formula is C31H33BrN2O3S. The van der Waals surface area contributed by atoms with Gasteiger partial charge in [0.2, 0.25) is 0 Å². The summed E-state index contributed by atoms with van der Waals surface area (Å²) in [7, 11) is 1.63. The van der Waals surface area contributed by atoms with E-state index < -0.39 is 0 Å². The lowest BCUT2D eigenvalue weighted by atomic mass is 9.85. The number of hydrogen-bond acceptors (Lipinski definition) is 5. The van der Waals surface area contributed by atoms with E-state index in [0.717, 1.165) is 45.5 Å². The monoisotopic (exact) mass is 592 g/mol. The molecule has 198 valence electrons. The number of halogens is 1. The van der Waals surface area contributed by atoms with Gasteiger partial charge in [-0.05, 0) is 76.2 Å². The summed E-state index contributed by atoms with van der Waals surface area (Å²) in [6, 6.07) is 24.3. The van der Waals surface area contributed by atoms with Gasteiger partial charge in [0.25, 0.3) is 5.91 Å². The number of thioether (sulfide) groups is 1. The summed E-state index contributed by atoms with van der Waals surface area (Å²) >= 11 is 5.25. The molecule has 2 aliphatic rings. The first kappa shape index (κ1) is 26.7. The van der Waals surface area contributed by atoms with E-state index in [0.29, 0.717) is 24.0 Å². The molecule has 3 atom stereocenters. The molecule has 5 rings (SSSR count). The van der Waals surface area contributed by atoms with E-state index in [4.69, 9.17) is 9.47 Å². The maximum atomic E-state index is 13.9. The molecule has 3 aromatic rings. The number of carbonyl (C=O) groups is 1. The molecule has 1 saturated heterocycles. The zero-order chi connectivity index (χ0) is 26.5. The van der Waals surface area contributed by atoms with E-state index in [1.165, 1.54) is 6.42 Å². The molecule has 5 nitrogen and oxygen atoms in total. The van der Waals surface area contributed by atoms with E-state index in [2.05, 4.69) is 33.1 Å². The van der Waals surface area contributed by atoms with Gasteiger partial charge in [0.05, 0.1) is 16.5 Å². The molecule has 0 radical (unpaired) electrons. The molecule has 1 aliphatic carbocycles. The fraction of sp³-hybridized carbons (Fsp3) is 0.323. The van der Waals surface area contributed by atoms with Crippen molar-refractivity contribution in [2.24, 2.45) is 5.92 Å². The highest BCUT2D eigenvalue weighted by Gasteiger charge is 2.42. The van der Waals surface area contributed by atoms with Crippen LogP contribution in [0, 0.1) is 5.92 Å². The lowest BCUT2D eigenvalue weighted by Crippen LogP contribution is -2.48. The minimum atomic E-state index is -0.152. The Morgan fingerprint density at radius 1 is 1.05 bits per heavy atom. The van der Waals surface area contributed by atoms with Gasteiger partial charge in [0.15, 0.2) is 17.0 Å². The zero-order valence-electron chi connectivity index (χ0n) is 21.7. The van der Waals surface area contributed by atoms with Crippen molar-refractivity contribution in [3.63, 3.8) is 0 Å². The highest BCUT2D eigenvalue weighted by molar-refractivity contribution is 9.10. The Morgan fingerprint density at radius 2 is 1.76 bits per heavy atom. The van der Waals surface area contributed by atoms with Crippen LogP contribution >= 0.6 is 27.7 Å². The number of hydrogen-bond donors (Lipinski definition) is 1. The second-order valence-electron chi connectivity index (χ2n) is 9.84. The molecule has 0 bridgehead atoms. The van der Waals surface area contributed by atoms with E-state index >= 15 is 0 Å². The smallest absolute Gasteiger partial charge is 0.262 e. The van der Waals surface area contributed by atoms with Gasteiger partial charge in [-0.1, -0.05) is 80.1 Å². The van der Waals surface area contributed by atoms with Crippen LogP contribution in [0.1, 0.15) is 43.7 Å². The zero-order valence-corrected chi connectivity index (χ0v) is 24.1. The second kappa shape index (κ2) is 12.3. The fourth-order valence-corrected chi connectivity index (χ4v) is 7.00. The first-order valence-corrected chi connectivity index (χ1v) is 14.8. The average molecular weight is 594 g/mol. The molecule has 1 amide bonds. The van der Waals surface area contributed by atoms with Crippen molar-refractivity contribution in [1.82, 2.24) is 4.90 Å². The van der Waals surface area contributed by atoms with Crippen LogP contribution in [-0.2, 0) is 11.4 Å². The molecule has 1 aliphatic heterocycles. The molecule has 7 heteroatoms. The largest absolute Gasteiger partial charge is 0.493 e. The summed E-state index contributed by atoms with van der Waals surface area (Å²) in [5, 5.41) is 3.60. The molecular weight excluding hydrogens is 560 g/mol. The molecule has 0 aromatic heterocycles. The van der Waals surface area contributed by atoms with E-state index in [9.17, 15) is 4.79 Å². The van der Waals surface area contributed by atoms with E-state index in [1.807, 2.05) is 78.9 Å². The Bertz CT molecular complexity index is 1290. The Morgan fingerprint density at radius 3 is 2.47 bits per heavy atom. The van der Waals surface area contributed by atoms with Gasteiger partial charge in [0, 0.05) is 11.7 Å². The lowest BCUT2D eigenvalue weighted by Gasteiger charge is -2.39. The second-order valence-corrected chi connectivity index (χ2v) is 11.8. The van der Waals surface area contributed by atoms with Crippen molar-refractivity contribution in [2.75, 3.05) is 12.4 Å². The predicted molar refractivity (Wildman–Crippen MR) is 159 cm³/mol. The van der Waals surface area contributed by atoms with Gasteiger partial charge in [-0.15, -0.1) is 0 Å². The maximum absolute atomic E-state index is 13.9. The Labute approximate surface area is 237 Å². The van der Waals surface area contributed by atoms with Crippen molar-refractivity contribution in [1.29, 1.82) is 0 Å². The van der Waals surface area contributed by atoms with Crippen molar-refractivity contribution >= 4 is 45.4 Å². The minimum Gasteiger partial charge on any atom is -0.493 e. The number of methoxy groups -OCH3 is 1. The van der Waals surface area contributed by atoms with Gasteiger partial charge in [-0.25, -0.2) is 0 Å². The molecule has 0 spiro atoms. The summed E-state index contributed by atoms with van der Waals surface area (Å²) in [6.07, 6.45) is 6.56. The average Bonchev–Trinajstić information content (AvgIpc) is 3.23. The molecule has 1 saturated carbocycles. The van der Waals surface area contributed by atoms with Crippen LogP contribution in [0.15, 0.2) is 82.2 Å². The number of benzene rings is 3. The first-order valence-electron chi connectivity index (χ1n) is 13.1. The van der Waals surface area contributed by atoms with Gasteiger partial charge in [-0.3, -0.25) is 4.79 Å². The van der Waals surface area contributed by atoms with Crippen molar-refractivity contribution in [3.05, 3.63) is 93.3 Å². The number of ether oxygens (including phenoxy) is 2. The molecule has 1 heterocycles. The summed E-state index contributed by atoms with van der Waals surface area (Å²) in [5.41, 5.74) is 2.82. The van der Waals surface area contributed by atoms with Gasteiger partial charge >= 0.3 is 0 Å². The molecule has 1 unspecified atom stereocenters. The summed E-state index contributed by atoms with van der Waals surface area (Å²) in [4.78, 5) is 16.7. The van der Waals surface area contributed by atoms with Crippen molar-refractivity contribution in [2.45, 2.75) is 50.8 Å². The third kappa shape index (κ3) is 6.05. The fourth-order valence-electron chi connectivity index (χ4n) is 5.21. The van der Waals surface area contributed by atoms with Crippen LogP contribution in [0.5, 0.6) is 11.5 Å². The minimum absolute atomic E-state index is 0.0849. The van der Waals surface area contributed by atoms with Crippen LogP contribution < -0.4 is 14.8 Å². The maximum Gasteiger partial charge on any atom is 0.262 e. The SMILES string of the molecule is COc1cc(/C=C2\SC(Nc3ccccc3)N([C@H]3CCCC[C@H]3C)C2=O)cc(Br)c1OCc1ccccc1. The summed E-state index contributed by atoms with van der Waals surface area (Å²) in [6.45, 7) is 2.71. The molecule has 3 aromatic carbocycles. The third-order valence-electron chi connectivity index (χ3n) is 7.20. The van der Waals surface area contributed by atoms with E-state index in [-0.39, 0.29) is 17.4 Å². The van der Waals surface area contributed by atoms with Crippen LogP contribution in [0.2, 0.25) is 0 Å². The van der Waals surface area contributed by atoms with Crippen LogP contribution in [0.3, 0.4) is 0 Å². The normalized spacial score (nSPS) is 22.5. The first-order chi connectivity index (χ1) is 18.5. The molecule has 2 fully saturated rings. The third-order valence-corrected chi connectivity index (χ3v) is 8.90. The standard InChI is InChI=1S/C31H33BrN2O3S/c1-21-11-9-10-16-26(21)34-30(35)28(38-31(34)33-24-14-7-4-8-15-24)19-23-17-25(32)29(27(18-23)36-2)37-20-22-12-5-3-6-13-22/h3-8,12-15,17-19,21,26,31,33H,9-11,16,20H2,1-2H3/b28-19-/t21-,26+,31?/m1/s1. The Balaban J connectivity index is 1.41. The molecule has 1 N–H and O–H groups in total. The van der Waals surface area contributed by atoms with Crippen LogP contribution in [0.25, 0.3) is 6.08 Å². The number of nitrogens with zero attached hydrogens (tertiary/aromatic N) is 1. The Hall–Kier alpha value is -2.90. The lowest BCUT2D eigenvalue weighted by molar-refractivity contribution is -0.129. The Kier molecular flexibility index (Phi) is 8.65. The molecule has 38 heavy (non-hydrogen) atoms. The van der Waals surface area contributed by atoms with E-state index in [1.54, 1.807) is 18.9 Å². The number of para-hydroxylation sites is 1. The highest BCUT2D eigenvalue weighted by Crippen LogP contribution is 2.43. The van der Waals surface area contributed by atoms with Crippen LogP contribution in [-0.4, -0.2) is 29.5 Å². The summed E-state index contributed by atoms with van der Waals surface area (Å²) < 4.78 is 12.6. The van der Waals surface area contributed by atoms with Gasteiger partial charge < -0.3 is 19.7 Å². The number of anilines is 1. The van der Waals surface area contributed by atoms with Crippen LogP contribution in [0.4, 0.5) is 5.69 Å². The predicted octanol–water partition coefficient (Wildman–Crippen LogP) is 7.93. The number of rotatable bonds is 8. The van der Waals surface area contributed by atoms with Crippen molar-refractivity contribution in [3.8, 4) is 11.5 Å². The quantitative estimate of drug-likeness (QED) is 0.269. The summed E-state index contributed by atoms with van der Waals surface area (Å²) in [5.74, 6) is 1.82. The number of nitrogens with one attached hydrogen (secondary N) is 1. The number of amides is 1.